The van der Waals surface area contributed by atoms with Gasteiger partial charge in [-0.1, -0.05) is 0 Å². The normalized spacial score (nSPS) is 33.8. The van der Waals surface area contributed by atoms with Crippen LogP contribution in [0.25, 0.3) is 0 Å². The Balaban J connectivity index is 2.34. The number of nitrogens with zero attached hydrogens (tertiary/aromatic N) is 1. The molecule has 0 bridgehead atoms. The lowest BCUT2D eigenvalue weighted by Gasteiger charge is -2.23. The van der Waals surface area contributed by atoms with Crippen LogP contribution in [0.4, 0.5) is 0 Å². The van der Waals surface area contributed by atoms with E-state index in [0.29, 0.717) is 17.9 Å². The fourth-order valence-corrected chi connectivity index (χ4v) is 1.52. The third kappa shape index (κ3) is 2.89. The summed E-state index contributed by atoms with van der Waals surface area (Å²) in [7, 11) is 0. The maximum Gasteiger partial charge on any atom is 0.0909 e. The van der Waals surface area contributed by atoms with E-state index in [1.54, 1.807) is 0 Å². The van der Waals surface area contributed by atoms with E-state index in [2.05, 4.69) is 4.99 Å². The molecule has 3 heteroatoms. The summed E-state index contributed by atoms with van der Waals surface area (Å²) in [6.45, 7) is 1.84. The molecule has 0 heterocycles. The molecule has 1 aliphatic carbocycles. The molecule has 1 rings (SSSR count). The van der Waals surface area contributed by atoms with Crippen molar-refractivity contribution in [1.29, 1.82) is 0 Å². The van der Waals surface area contributed by atoms with Crippen LogP contribution in [0.3, 0.4) is 0 Å². The molecule has 1 fully saturated rings. The molecule has 0 aliphatic heterocycles. The van der Waals surface area contributed by atoms with Crippen molar-refractivity contribution < 1.29 is 0 Å². The van der Waals surface area contributed by atoms with Gasteiger partial charge in [0.25, 0.3) is 0 Å². The van der Waals surface area contributed by atoms with Gasteiger partial charge < -0.3 is 11.5 Å². The zero-order chi connectivity index (χ0) is 8.27. The van der Waals surface area contributed by atoms with Crippen molar-refractivity contribution in [2.45, 2.75) is 44.7 Å². The Morgan fingerprint density at radius 3 is 2.27 bits per heavy atom. The minimum absolute atomic E-state index is 0.402. The minimum atomic E-state index is 0.402. The van der Waals surface area contributed by atoms with Crippen molar-refractivity contribution in [2.75, 3.05) is 0 Å². The second kappa shape index (κ2) is 3.72. The van der Waals surface area contributed by atoms with E-state index in [1.807, 2.05) is 6.92 Å². The maximum absolute atomic E-state index is 5.75. The first-order valence-corrected chi connectivity index (χ1v) is 4.24. The van der Waals surface area contributed by atoms with Crippen LogP contribution in [0.2, 0.25) is 0 Å². The fraction of sp³-hybridized carbons (Fsp3) is 0.875. The number of amidine groups is 1. The molecule has 11 heavy (non-hydrogen) atoms. The molecule has 0 radical (unpaired) electrons. The standard InChI is InChI=1S/C8H17N3/c1-6(9)11-8-4-2-7(10)3-5-8/h7-8H,2-5,10H2,1H3,(H2,9,11). The molecule has 4 N–H and O–H groups in total. The molecule has 0 atom stereocenters. The lowest BCUT2D eigenvalue weighted by atomic mass is 9.92. The summed E-state index contributed by atoms with van der Waals surface area (Å²) in [5.41, 5.74) is 11.2. The van der Waals surface area contributed by atoms with Crippen molar-refractivity contribution in [3.05, 3.63) is 0 Å². The quantitative estimate of drug-likeness (QED) is 0.431. The van der Waals surface area contributed by atoms with Crippen LogP contribution in [-0.4, -0.2) is 17.9 Å². The van der Waals surface area contributed by atoms with Crippen LogP contribution < -0.4 is 11.5 Å². The molecule has 1 saturated carbocycles. The van der Waals surface area contributed by atoms with Gasteiger partial charge in [-0.05, 0) is 32.6 Å². The first-order chi connectivity index (χ1) is 5.18. The zero-order valence-electron chi connectivity index (χ0n) is 7.09. The second-order valence-corrected chi connectivity index (χ2v) is 3.34. The van der Waals surface area contributed by atoms with Crippen LogP contribution in [0.5, 0.6) is 0 Å². The average Bonchev–Trinajstić information content (AvgIpc) is 1.93. The predicted octanol–water partition coefficient (Wildman–Crippen LogP) is 0.633. The molecule has 0 aromatic rings. The van der Waals surface area contributed by atoms with Gasteiger partial charge in [0.05, 0.1) is 11.9 Å². The third-order valence-corrected chi connectivity index (χ3v) is 2.13. The summed E-state index contributed by atoms with van der Waals surface area (Å²) in [5.74, 6) is 0.700. The van der Waals surface area contributed by atoms with Crippen molar-refractivity contribution in [3.63, 3.8) is 0 Å². The fourth-order valence-electron chi connectivity index (χ4n) is 1.52. The molecule has 0 spiro atoms. The van der Waals surface area contributed by atoms with E-state index in [4.69, 9.17) is 11.5 Å². The van der Waals surface area contributed by atoms with Gasteiger partial charge in [0.15, 0.2) is 0 Å². The molecule has 64 valence electrons. The van der Waals surface area contributed by atoms with E-state index in [1.165, 1.54) is 0 Å². The minimum Gasteiger partial charge on any atom is -0.388 e. The topological polar surface area (TPSA) is 64.4 Å². The smallest absolute Gasteiger partial charge is 0.0909 e. The summed E-state index contributed by atoms with van der Waals surface area (Å²) < 4.78 is 0. The van der Waals surface area contributed by atoms with Gasteiger partial charge in [0.1, 0.15) is 0 Å². The van der Waals surface area contributed by atoms with E-state index < -0.39 is 0 Å². The Hall–Kier alpha value is -0.570. The van der Waals surface area contributed by atoms with E-state index in [-0.39, 0.29) is 0 Å². The molecular formula is C8H17N3. The molecular weight excluding hydrogens is 138 g/mol. The highest BCUT2D eigenvalue weighted by Crippen LogP contribution is 2.19. The van der Waals surface area contributed by atoms with Crippen LogP contribution in [-0.2, 0) is 0 Å². The molecule has 0 saturated heterocycles. The Morgan fingerprint density at radius 2 is 1.82 bits per heavy atom. The second-order valence-electron chi connectivity index (χ2n) is 3.34. The van der Waals surface area contributed by atoms with Gasteiger partial charge in [0, 0.05) is 6.04 Å². The molecule has 0 amide bonds. The molecule has 3 nitrogen and oxygen atoms in total. The number of aliphatic imine (C=N–C) groups is 1. The summed E-state index contributed by atoms with van der Waals surface area (Å²) in [6, 6.07) is 0.847. The predicted molar refractivity (Wildman–Crippen MR) is 47.5 cm³/mol. The summed E-state index contributed by atoms with van der Waals surface area (Å²) >= 11 is 0. The van der Waals surface area contributed by atoms with Crippen LogP contribution in [0.15, 0.2) is 4.99 Å². The van der Waals surface area contributed by atoms with Gasteiger partial charge in [0.2, 0.25) is 0 Å². The third-order valence-electron chi connectivity index (χ3n) is 2.13. The maximum atomic E-state index is 5.75. The zero-order valence-corrected chi connectivity index (χ0v) is 7.09. The van der Waals surface area contributed by atoms with Crippen LogP contribution >= 0.6 is 0 Å². The van der Waals surface area contributed by atoms with Gasteiger partial charge in [-0.15, -0.1) is 0 Å². The lowest BCUT2D eigenvalue weighted by molar-refractivity contribution is 0.396. The lowest BCUT2D eigenvalue weighted by Crippen LogP contribution is -2.29. The first-order valence-electron chi connectivity index (χ1n) is 4.24. The summed E-state index contributed by atoms with van der Waals surface area (Å²) in [6.07, 6.45) is 4.41. The summed E-state index contributed by atoms with van der Waals surface area (Å²) in [4.78, 5) is 4.31. The Bertz CT molecular complexity index is 141. The SMILES string of the molecule is CC(N)=NC1CCC(N)CC1. The van der Waals surface area contributed by atoms with Crippen molar-refractivity contribution >= 4 is 5.84 Å². The summed E-state index contributed by atoms with van der Waals surface area (Å²) in [5, 5.41) is 0. The molecule has 0 unspecified atom stereocenters. The van der Waals surface area contributed by atoms with Crippen molar-refractivity contribution in [3.8, 4) is 0 Å². The number of nitrogens with two attached hydrogens (primary N) is 2. The first kappa shape index (κ1) is 8.53. The monoisotopic (exact) mass is 155 g/mol. The highest BCUT2D eigenvalue weighted by atomic mass is 14.9. The molecule has 0 aromatic carbocycles. The average molecular weight is 155 g/mol. The van der Waals surface area contributed by atoms with Crippen molar-refractivity contribution in [1.82, 2.24) is 0 Å². The van der Waals surface area contributed by atoms with Gasteiger partial charge >= 0.3 is 0 Å². The Labute approximate surface area is 67.9 Å². The van der Waals surface area contributed by atoms with Crippen molar-refractivity contribution in [2.24, 2.45) is 16.5 Å². The van der Waals surface area contributed by atoms with Crippen LogP contribution in [0, 0.1) is 0 Å². The van der Waals surface area contributed by atoms with Gasteiger partial charge in [-0.25, -0.2) is 0 Å². The van der Waals surface area contributed by atoms with Gasteiger partial charge in [-0.3, -0.25) is 4.99 Å². The van der Waals surface area contributed by atoms with E-state index in [0.717, 1.165) is 25.7 Å². The van der Waals surface area contributed by atoms with E-state index >= 15 is 0 Å². The number of hydrogen-bond donors (Lipinski definition) is 2. The molecule has 0 aromatic heterocycles. The highest BCUT2D eigenvalue weighted by molar-refractivity contribution is 5.77. The number of hydrogen-bond acceptors (Lipinski definition) is 2. The highest BCUT2D eigenvalue weighted by Gasteiger charge is 2.17. The Kier molecular flexibility index (Phi) is 2.88. The van der Waals surface area contributed by atoms with E-state index in [9.17, 15) is 0 Å². The Morgan fingerprint density at radius 1 is 1.27 bits per heavy atom. The largest absolute Gasteiger partial charge is 0.388 e. The molecule has 1 aliphatic rings. The number of rotatable bonds is 1. The van der Waals surface area contributed by atoms with Gasteiger partial charge in [-0.2, -0.15) is 0 Å². The van der Waals surface area contributed by atoms with Crippen LogP contribution in [0.1, 0.15) is 32.6 Å².